The van der Waals surface area contributed by atoms with Crippen LogP contribution in [0.1, 0.15) is 5.56 Å². The molecule has 88 valence electrons. The summed E-state index contributed by atoms with van der Waals surface area (Å²) < 4.78 is 6.60. The molecule has 0 saturated carbocycles. The second-order valence-corrected chi connectivity index (χ2v) is 4.27. The van der Waals surface area contributed by atoms with E-state index >= 15 is 0 Å². The maximum Gasteiger partial charge on any atom is 0.227 e. The zero-order valence-electron chi connectivity index (χ0n) is 9.14. The van der Waals surface area contributed by atoms with Gasteiger partial charge in [-0.25, -0.2) is 15.8 Å². The van der Waals surface area contributed by atoms with E-state index in [-0.39, 0.29) is 0 Å². The lowest BCUT2D eigenvalue weighted by atomic mass is 10.3. The highest BCUT2D eigenvalue weighted by atomic mass is 79.9. The lowest BCUT2D eigenvalue weighted by Crippen LogP contribution is -2.10. The molecule has 0 atom stereocenters. The fraction of sp³-hybridized carbons (Fsp3) is 0.0909. The summed E-state index contributed by atoms with van der Waals surface area (Å²) in [6.45, 7) is 1.84. The Morgan fingerprint density at radius 3 is 2.88 bits per heavy atom. The van der Waals surface area contributed by atoms with Crippen LogP contribution in [0.5, 0.6) is 11.6 Å². The van der Waals surface area contributed by atoms with Crippen LogP contribution in [0.25, 0.3) is 0 Å². The van der Waals surface area contributed by atoms with E-state index in [9.17, 15) is 0 Å². The molecule has 0 bridgehead atoms. The molecule has 0 aliphatic carbocycles. The third kappa shape index (κ3) is 2.72. The summed E-state index contributed by atoms with van der Waals surface area (Å²) in [5, 5.41) is 0. The summed E-state index contributed by atoms with van der Waals surface area (Å²) in [5.74, 6) is 7.06. The van der Waals surface area contributed by atoms with Gasteiger partial charge in [0.15, 0.2) is 0 Å². The fourth-order valence-electron chi connectivity index (χ4n) is 1.32. The van der Waals surface area contributed by atoms with Gasteiger partial charge in [0.1, 0.15) is 17.9 Å². The summed E-state index contributed by atoms with van der Waals surface area (Å²) in [7, 11) is 0. The van der Waals surface area contributed by atoms with Crippen molar-refractivity contribution in [3.05, 3.63) is 40.6 Å². The quantitative estimate of drug-likeness (QED) is 0.672. The zero-order valence-corrected chi connectivity index (χ0v) is 10.7. The number of aromatic nitrogens is 2. The largest absolute Gasteiger partial charge is 0.439 e. The van der Waals surface area contributed by atoms with Gasteiger partial charge in [0, 0.05) is 4.47 Å². The van der Waals surface area contributed by atoms with Crippen LogP contribution >= 0.6 is 15.9 Å². The molecule has 17 heavy (non-hydrogen) atoms. The molecule has 1 aromatic heterocycles. The number of ether oxygens (including phenoxy) is 1. The number of rotatable bonds is 3. The minimum Gasteiger partial charge on any atom is -0.439 e. The number of hydrogen-bond donors (Lipinski definition) is 2. The van der Waals surface area contributed by atoms with E-state index in [0.29, 0.717) is 17.4 Å². The molecule has 2 aromatic rings. The zero-order chi connectivity index (χ0) is 12.3. The van der Waals surface area contributed by atoms with Crippen LogP contribution in [0.2, 0.25) is 0 Å². The molecule has 2 rings (SSSR count). The van der Waals surface area contributed by atoms with Crippen molar-refractivity contribution in [3.63, 3.8) is 0 Å². The Morgan fingerprint density at radius 1 is 1.35 bits per heavy atom. The van der Waals surface area contributed by atoms with Crippen molar-refractivity contribution >= 4 is 21.7 Å². The third-order valence-corrected chi connectivity index (χ3v) is 2.68. The number of hydrazine groups is 1. The fourth-order valence-corrected chi connectivity index (χ4v) is 1.70. The van der Waals surface area contributed by atoms with Crippen molar-refractivity contribution in [1.82, 2.24) is 9.97 Å². The van der Waals surface area contributed by atoms with Gasteiger partial charge in [-0.1, -0.05) is 22.0 Å². The third-order valence-electron chi connectivity index (χ3n) is 2.19. The second-order valence-electron chi connectivity index (χ2n) is 3.36. The predicted molar refractivity (Wildman–Crippen MR) is 68.8 cm³/mol. The number of anilines is 1. The SMILES string of the molecule is Cc1c(NN)ncnc1Oc1cccc(Br)c1. The highest BCUT2D eigenvalue weighted by molar-refractivity contribution is 9.10. The number of nitrogen functional groups attached to an aromatic ring is 1. The minimum atomic E-state index is 0.478. The van der Waals surface area contributed by atoms with Gasteiger partial charge in [-0.2, -0.15) is 0 Å². The first-order valence-corrected chi connectivity index (χ1v) is 5.71. The lowest BCUT2D eigenvalue weighted by Gasteiger charge is -2.09. The molecule has 0 aliphatic heterocycles. The minimum absolute atomic E-state index is 0.478. The second kappa shape index (κ2) is 5.11. The monoisotopic (exact) mass is 294 g/mol. The molecule has 0 amide bonds. The van der Waals surface area contributed by atoms with E-state index in [2.05, 4.69) is 31.3 Å². The van der Waals surface area contributed by atoms with E-state index in [1.807, 2.05) is 31.2 Å². The van der Waals surface area contributed by atoms with Crippen LogP contribution < -0.4 is 16.0 Å². The summed E-state index contributed by atoms with van der Waals surface area (Å²) >= 11 is 3.38. The molecule has 0 unspecified atom stereocenters. The van der Waals surface area contributed by atoms with Gasteiger partial charge in [-0.05, 0) is 25.1 Å². The summed E-state index contributed by atoms with van der Waals surface area (Å²) in [5.41, 5.74) is 3.25. The standard InChI is InChI=1S/C11H11BrN4O/c1-7-10(16-13)14-6-15-11(7)17-9-4-2-3-8(12)5-9/h2-6H,13H2,1H3,(H,14,15,16). The molecule has 0 spiro atoms. The van der Waals surface area contributed by atoms with Crippen molar-refractivity contribution in [2.75, 3.05) is 5.43 Å². The van der Waals surface area contributed by atoms with Crippen LogP contribution in [0, 0.1) is 6.92 Å². The van der Waals surface area contributed by atoms with Crippen molar-refractivity contribution in [2.24, 2.45) is 5.84 Å². The number of nitrogens with one attached hydrogen (secondary N) is 1. The predicted octanol–water partition coefficient (Wildman–Crippen LogP) is 2.63. The first-order chi connectivity index (χ1) is 8.20. The van der Waals surface area contributed by atoms with Crippen LogP contribution in [0.3, 0.4) is 0 Å². The van der Waals surface area contributed by atoms with Gasteiger partial charge in [0.2, 0.25) is 5.88 Å². The average Bonchev–Trinajstić information content (AvgIpc) is 2.32. The Balaban J connectivity index is 2.30. The Kier molecular flexibility index (Phi) is 3.55. The summed E-state index contributed by atoms with van der Waals surface area (Å²) in [6, 6.07) is 7.52. The molecule has 0 radical (unpaired) electrons. The normalized spacial score (nSPS) is 10.1. The lowest BCUT2D eigenvalue weighted by molar-refractivity contribution is 0.457. The van der Waals surface area contributed by atoms with Gasteiger partial charge >= 0.3 is 0 Å². The first-order valence-electron chi connectivity index (χ1n) is 4.92. The van der Waals surface area contributed by atoms with Crippen molar-refractivity contribution in [3.8, 4) is 11.6 Å². The van der Waals surface area contributed by atoms with Crippen molar-refractivity contribution in [1.29, 1.82) is 0 Å². The van der Waals surface area contributed by atoms with Crippen LogP contribution in [0.15, 0.2) is 35.1 Å². The first kappa shape index (κ1) is 11.8. The molecule has 1 aromatic carbocycles. The van der Waals surface area contributed by atoms with Gasteiger partial charge in [0.05, 0.1) is 5.56 Å². The molecule has 3 N–H and O–H groups in total. The molecule has 1 heterocycles. The van der Waals surface area contributed by atoms with Gasteiger partial charge in [-0.3, -0.25) is 0 Å². The molecule has 6 heteroatoms. The number of benzene rings is 1. The van der Waals surface area contributed by atoms with Gasteiger partial charge in [-0.15, -0.1) is 0 Å². The van der Waals surface area contributed by atoms with E-state index in [4.69, 9.17) is 10.6 Å². The topological polar surface area (TPSA) is 73.1 Å². The van der Waals surface area contributed by atoms with Gasteiger partial charge in [0.25, 0.3) is 0 Å². The maximum absolute atomic E-state index is 5.66. The average molecular weight is 295 g/mol. The van der Waals surface area contributed by atoms with E-state index in [0.717, 1.165) is 10.0 Å². The molecule has 0 fully saturated rings. The number of nitrogens with two attached hydrogens (primary N) is 1. The Labute approximate surface area is 107 Å². The number of nitrogens with zero attached hydrogens (tertiary/aromatic N) is 2. The van der Waals surface area contributed by atoms with Crippen molar-refractivity contribution < 1.29 is 4.74 Å². The summed E-state index contributed by atoms with van der Waals surface area (Å²) in [6.07, 6.45) is 1.40. The molecule has 0 saturated heterocycles. The van der Waals surface area contributed by atoms with E-state index in [1.54, 1.807) is 0 Å². The molecule has 0 aliphatic rings. The Hall–Kier alpha value is -1.66. The summed E-state index contributed by atoms with van der Waals surface area (Å²) in [4.78, 5) is 8.05. The Morgan fingerprint density at radius 2 is 2.18 bits per heavy atom. The molecular formula is C11H11BrN4O. The van der Waals surface area contributed by atoms with Crippen LogP contribution in [-0.4, -0.2) is 9.97 Å². The van der Waals surface area contributed by atoms with Crippen LogP contribution in [0.4, 0.5) is 5.82 Å². The number of halogens is 1. The maximum atomic E-state index is 5.66. The van der Waals surface area contributed by atoms with E-state index < -0.39 is 0 Å². The highest BCUT2D eigenvalue weighted by Gasteiger charge is 2.08. The highest BCUT2D eigenvalue weighted by Crippen LogP contribution is 2.27. The van der Waals surface area contributed by atoms with Gasteiger partial charge < -0.3 is 10.2 Å². The van der Waals surface area contributed by atoms with Crippen LogP contribution in [-0.2, 0) is 0 Å². The number of hydrogen-bond acceptors (Lipinski definition) is 5. The Bertz CT molecular complexity index is 533. The smallest absolute Gasteiger partial charge is 0.227 e. The molecular weight excluding hydrogens is 284 g/mol. The van der Waals surface area contributed by atoms with Crippen molar-refractivity contribution in [2.45, 2.75) is 6.92 Å². The van der Waals surface area contributed by atoms with E-state index in [1.165, 1.54) is 6.33 Å². The molecule has 5 nitrogen and oxygen atoms in total.